The number of hydrogen-bond donors (Lipinski definition) is 1. The van der Waals surface area contributed by atoms with Gasteiger partial charge in [0.15, 0.2) is 0 Å². The van der Waals surface area contributed by atoms with Gasteiger partial charge < -0.3 is 9.80 Å². The fraction of sp³-hybridized carbons (Fsp3) is 0.833. The van der Waals surface area contributed by atoms with Crippen molar-refractivity contribution >= 4 is 58.7 Å². The van der Waals surface area contributed by atoms with Crippen molar-refractivity contribution in [2.75, 3.05) is 33.2 Å². The van der Waals surface area contributed by atoms with Crippen molar-refractivity contribution in [1.29, 1.82) is 0 Å². The summed E-state index contributed by atoms with van der Waals surface area (Å²) in [6.07, 6.45) is 0. The summed E-state index contributed by atoms with van der Waals surface area (Å²) in [7, 11) is 2.12. The number of hydrogen-bond acceptors (Lipinski definition) is 2. The van der Waals surface area contributed by atoms with Crippen LogP contribution in [-0.4, -0.2) is 76.9 Å². The molecule has 0 atom stereocenters. The molecule has 0 aromatic heterocycles. The van der Waals surface area contributed by atoms with E-state index in [4.69, 9.17) is 12.2 Å². The summed E-state index contributed by atoms with van der Waals surface area (Å²) >= 11 is 9.04. The maximum absolute atomic E-state index is 4.93. The summed E-state index contributed by atoms with van der Waals surface area (Å²) in [4.78, 5) is 4.42. The number of nitrogens with zero attached hydrogens (tertiary/aromatic N) is 2. The van der Waals surface area contributed by atoms with E-state index in [0.29, 0.717) is 0 Å². The summed E-state index contributed by atoms with van der Waals surface area (Å²) in [6.45, 7) is 4.25. The first kappa shape index (κ1) is 12.2. The first-order valence-electron chi connectivity index (χ1n) is 3.36. The molecule has 0 saturated carbocycles. The van der Waals surface area contributed by atoms with E-state index in [0.717, 1.165) is 30.5 Å². The Balaban J connectivity index is 0.000001000. The summed E-state index contributed by atoms with van der Waals surface area (Å²) < 4.78 is 0.730. The van der Waals surface area contributed by atoms with Crippen molar-refractivity contribution < 1.29 is 0 Å². The van der Waals surface area contributed by atoms with Crippen molar-refractivity contribution in [3.05, 3.63) is 0 Å². The molecular weight excluding hydrogens is 187 g/mol. The van der Waals surface area contributed by atoms with Crippen molar-refractivity contribution in [1.82, 2.24) is 9.80 Å². The molecule has 2 nitrogen and oxygen atoms in total. The summed E-state index contributed by atoms with van der Waals surface area (Å²) in [5.74, 6) is 0. The van der Waals surface area contributed by atoms with Crippen molar-refractivity contribution in [2.24, 2.45) is 0 Å². The fourth-order valence-corrected chi connectivity index (χ4v) is 1.38. The van der Waals surface area contributed by atoms with E-state index in [1.54, 1.807) is 0 Å². The number of thiol groups is 1. The third-order valence-corrected chi connectivity index (χ3v) is 2.31. The van der Waals surface area contributed by atoms with Crippen LogP contribution < -0.4 is 0 Å². The second kappa shape index (κ2) is 5.78. The van der Waals surface area contributed by atoms with Gasteiger partial charge in [-0.1, -0.05) is 12.2 Å². The third kappa shape index (κ3) is 4.10. The molecule has 1 saturated heterocycles. The van der Waals surface area contributed by atoms with E-state index in [2.05, 4.69) is 29.5 Å². The molecule has 0 bridgehead atoms. The van der Waals surface area contributed by atoms with E-state index in [9.17, 15) is 0 Å². The Morgan fingerprint density at radius 2 is 1.73 bits per heavy atom. The Kier molecular flexibility index (Phi) is 6.41. The van der Waals surface area contributed by atoms with E-state index in [-0.39, 0.29) is 29.6 Å². The van der Waals surface area contributed by atoms with Crippen LogP contribution in [0, 0.1) is 0 Å². The van der Waals surface area contributed by atoms with Gasteiger partial charge in [0.1, 0.15) is 4.32 Å². The second-order valence-corrected chi connectivity index (χ2v) is 3.69. The Morgan fingerprint density at radius 3 is 2.09 bits per heavy atom. The number of thiocarbonyl (C=S) groups is 1. The SMILES string of the molecule is CN1CCN(C(=S)S)CC1.[NaH]. The Hall–Kier alpha value is 1.20. The molecule has 60 valence electrons. The van der Waals surface area contributed by atoms with Crippen LogP contribution >= 0.6 is 24.8 Å². The van der Waals surface area contributed by atoms with Crippen LogP contribution in [0.25, 0.3) is 0 Å². The van der Waals surface area contributed by atoms with E-state index >= 15 is 0 Å². The molecule has 0 radical (unpaired) electrons. The number of likely N-dealkylation sites (N-methyl/N-ethyl adjacent to an activating group) is 1. The van der Waals surface area contributed by atoms with E-state index < -0.39 is 0 Å². The molecule has 1 aliphatic heterocycles. The Morgan fingerprint density at radius 1 is 1.27 bits per heavy atom. The molecule has 0 aromatic carbocycles. The molecule has 1 aliphatic rings. The minimum absolute atomic E-state index is 0. The standard InChI is InChI=1S/C6H12N2S2.Na.H/c1-7-2-4-8(5-3-7)6(9)10;;/h2-5H2,1H3,(H,9,10);;. The molecule has 11 heavy (non-hydrogen) atoms. The van der Waals surface area contributed by atoms with Crippen LogP contribution in [0.15, 0.2) is 0 Å². The van der Waals surface area contributed by atoms with Crippen molar-refractivity contribution in [2.45, 2.75) is 0 Å². The molecular formula is C6H13N2NaS2. The van der Waals surface area contributed by atoms with Crippen LogP contribution in [0.4, 0.5) is 0 Å². The predicted octanol–water partition coefficient (Wildman–Crippen LogP) is -0.200. The molecule has 0 spiro atoms. The van der Waals surface area contributed by atoms with Crippen molar-refractivity contribution in [3.8, 4) is 0 Å². The zero-order chi connectivity index (χ0) is 7.56. The molecule has 0 amide bonds. The van der Waals surface area contributed by atoms with Crippen LogP contribution in [0.5, 0.6) is 0 Å². The van der Waals surface area contributed by atoms with Gasteiger partial charge in [0, 0.05) is 26.2 Å². The van der Waals surface area contributed by atoms with Crippen molar-refractivity contribution in [3.63, 3.8) is 0 Å². The van der Waals surface area contributed by atoms with Gasteiger partial charge in [0.2, 0.25) is 0 Å². The normalized spacial score (nSPS) is 19.3. The first-order chi connectivity index (χ1) is 4.70. The van der Waals surface area contributed by atoms with E-state index in [1.165, 1.54) is 0 Å². The van der Waals surface area contributed by atoms with Gasteiger partial charge in [-0.25, -0.2) is 0 Å². The van der Waals surface area contributed by atoms with Gasteiger partial charge in [-0.3, -0.25) is 0 Å². The quantitative estimate of drug-likeness (QED) is 0.329. The van der Waals surface area contributed by atoms with Gasteiger partial charge in [0.25, 0.3) is 0 Å². The molecule has 0 aromatic rings. The average Bonchev–Trinajstić information content (AvgIpc) is 1.88. The topological polar surface area (TPSA) is 6.48 Å². The van der Waals surface area contributed by atoms with Crippen LogP contribution in [0.3, 0.4) is 0 Å². The van der Waals surface area contributed by atoms with Gasteiger partial charge in [-0.05, 0) is 7.05 Å². The Labute approximate surface area is 101 Å². The number of rotatable bonds is 0. The fourth-order valence-electron chi connectivity index (χ4n) is 0.998. The second-order valence-electron chi connectivity index (χ2n) is 2.57. The zero-order valence-electron chi connectivity index (χ0n) is 6.08. The van der Waals surface area contributed by atoms with Crippen LogP contribution in [0.2, 0.25) is 0 Å². The van der Waals surface area contributed by atoms with E-state index in [1.807, 2.05) is 0 Å². The molecule has 1 heterocycles. The minimum atomic E-state index is 0. The van der Waals surface area contributed by atoms with Gasteiger partial charge >= 0.3 is 29.6 Å². The summed E-state index contributed by atoms with van der Waals surface area (Å²) in [5, 5.41) is 0. The number of piperazine rings is 1. The Bertz CT molecular complexity index is 135. The molecule has 0 aliphatic carbocycles. The molecule has 0 N–H and O–H groups in total. The first-order valence-corrected chi connectivity index (χ1v) is 4.22. The maximum atomic E-state index is 4.93. The molecule has 1 fully saturated rings. The van der Waals surface area contributed by atoms with Crippen LogP contribution in [-0.2, 0) is 0 Å². The molecule has 5 heteroatoms. The zero-order valence-corrected chi connectivity index (χ0v) is 7.79. The van der Waals surface area contributed by atoms with Crippen LogP contribution in [0.1, 0.15) is 0 Å². The monoisotopic (exact) mass is 200 g/mol. The van der Waals surface area contributed by atoms with Gasteiger partial charge in [-0.15, -0.1) is 12.6 Å². The molecule has 1 rings (SSSR count). The van der Waals surface area contributed by atoms with Gasteiger partial charge in [0.05, 0.1) is 0 Å². The average molecular weight is 200 g/mol. The molecule has 0 unspecified atom stereocenters. The van der Waals surface area contributed by atoms with Gasteiger partial charge in [-0.2, -0.15) is 0 Å². The summed E-state index contributed by atoms with van der Waals surface area (Å²) in [6, 6.07) is 0. The predicted molar refractivity (Wildman–Crippen MR) is 57.8 cm³/mol. The summed E-state index contributed by atoms with van der Waals surface area (Å²) in [5.41, 5.74) is 0. The third-order valence-electron chi connectivity index (χ3n) is 1.77.